The molecule has 7 nitrogen and oxygen atoms in total. The standard InChI is InChI=1S/C20H14ClN3O4S/c21-15-3-5-16(6-4-15)24-20(25)14(12-22)11-17-7-10-19(28-17)13-1-8-18(9-2-13)29(23,26)27/h1-11H,(H,24,25)(H2,23,26,27). The van der Waals surface area contributed by atoms with Crippen molar-refractivity contribution in [2.75, 3.05) is 5.32 Å². The van der Waals surface area contributed by atoms with Crippen molar-refractivity contribution in [2.24, 2.45) is 5.14 Å². The van der Waals surface area contributed by atoms with Crippen molar-refractivity contribution in [3.8, 4) is 17.4 Å². The van der Waals surface area contributed by atoms with Gasteiger partial charge in [0.05, 0.1) is 4.90 Å². The van der Waals surface area contributed by atoms with Crippen LogP contribution in [0.15, 0.2) is 75.5 Å². The second-order valence-electron chi connectivity index (χ2n) is 5.90. The van der Waals surface area contributed by atoms with Crippen LogP contribution in [0.2, 0.25) is 5.02 Å². The van der Waals surface area contributed by atoms with E-state index in [1.165, 1.54) is 18.2 Å². The number of halogens is 1. The molecule has 0 fully saturated rings. The van der Waals surface area contributed by atoms with Crippen molar-refractivity contribution in [3.63, 3.8) is 0 Å². The van der Waals surface area contributed by atoms with Gasteiger partial charge in [-0.25, -0.2) is 13.6 Å². The number of benzene rings is 2. The van der Waals surface area contributed by atoms with Gasteiger partial charge in [0, 0.05) is 22.3 Å². The predicted molar refractivity (Wildman–Crippen MR) is 109 cm³/mol. The Balaban J connectivity index is 1.79. The largest absolute Gasteiger partial charge is 0.457 e. The van der Waals surface area contributed by atoms with E-state index in [9.17, 15) is 18.5 Å². The monoisotopic (exact) mass is 427 g/mol. The van der Waals surface area contributed by atoms with Gasteiger partial charge in [-0.05, 0) is 60.7 Å². The summed E-state index contributed by atoms with van der Waals surface area (Å²) < 4.78 is 28.3. The van der Waals surface area contributed by atoms with Gasteiger partial charge in [0.2, 0.25) is 10.0 Å². The van der Waals surface area contributed by atoms with Crippen molar-refractivity contribution in [1.82, 2.24) is 0 Å². The van der Waals surface area contributed by atoms with Gasteiger partial charge in [0.1, 0.15) is 23.2 Å². The molecule has 3 N–H and O–H groups in total. The maximum Gasteiger partial charge on any atom is 0.266 e. The molecule has 2 aromatic carbocycles. The molecule has 9 heteroatoms. The Kier molecular flexibility index (Phi) is 5.84. The molecule has 0 unspecified atom stereocenters. The van der Waals surface area contributed by atoms with E-state index in [0.29, 0.717) is 27.8 Å². The molecule has 0 aliphatic carbocycles. The second-order valence-corrected chi connectivity index (χ2v) is 7.90. The Morgan fingerprint density at radius 1 is 1.07 bits per heavy atom. The first-order valence-corrected chi connectivity index (χ1v) is 10.1. The molecule has 1 amide bonds. The maximum atomic E-state index is 12.3. The molecular weight excluding hydrogens is 414 g/mol. The summed E-state index contributed by atoms with van der Waals surface area (Å²) in [5.41, 5.74) is 0.960. The fourth-order valence-electron chi connectivity index (χ4n) is 2.42. The average Bonchev–Trinajstić information content (AvgIpc) is 3.16. The number of carbonyl (C=O) groups excluding carboxylic acids is 1. The summed E-state index contributed by atoms with van der Waals surface area (Å²) in [5.74, 6) is 0.135. The van der Waals surface area contributed by atoms with E-state index in [4.69, 9.17) is 21.2 Å². The molecule has 0 aliphatic heterocycles. The number of rotatable bonds is 5. The van der Waals surface area contributed by atoms with Gasteiger partial charge >= 0.3 is 0 Å². The highest BCUT2D eigenvalue weighted by atomic mass is 35.5. The smallest absolute Gasteiger partial charge is 0.266 e. The third-order valence-electron chi connectivity index (χ3n) is 3.85. The molecule has 1 heterocycles. The van der Waals surface area contributed by atoms with Crippen LogP contribution in [0.25, 0.3) is 17.4 Å². The number of hydrogen-bond acceptors (Lipinski definition) is 5. The van der Waals surface area contributed by atoms with Crippen LogP contribution in [0.4, 0.5) is 5.69 Å². The number of nitrogens with two attached hydrogens (primary N) is 1. The molecule has 0 atom stereocenters. The van der Waals surface area contributed by atoms with E-state index < -0.39 is 15.9 Å². The first-order valence-electron chi connectivity index (χ1n) is 8.18. The summed E-state index contributed by atoms with van der Waals surface area (Å²) in [6.45, 7) is 0. The molecule has 3 aromatic rings. The lowest BCUT2D eigenvalue weighted by atomic mass is 10.2. The number of hydrogen-bond donors (Lipinski definition) is 2. The van der Waals surface area contributed by atoms with Crippen LogP contribution in [0.1, 0.15) is 5.76 Å². The van der Waals surface area contributed by atoms with Gasteiger partial charge in [-0.15, -0.1) is 0 Å². The lowest BCUT2D eigenvalue weighted by Gasteiger charge is -2.03. The van der Waals surface area contributed by atoms with Crippen molar-refractivity contribution >= 4 is 39.3 Å². The van der Waals surface area contributed by atoms with Crippen molar-refractivity contribution in [3.05, 3.63) is 77.0 Å². The van der Waals surface area contributed by atoms with Crippen LogP contribution in [0.5, 0.6) is 0 Å². The minimum Gasteiger partial charge on any atom is -0.457 e. The number of nitrogens with one attached hydrogen (secondary N) is 1. The Labute approximate surface area is 172 Å². The van der Waals surface area contributed by atoms with Gasteiger partial charge in [-0.2, -0.15) is 5.26 Å². The zero-order chi connectivity index (χ0) is 21.0. The first-order chi connectivity index (χ1) is 13.8. The van der Waals surface area contributed by atoms with Crippen LogP contribution >= 0.6 is 11.6 Å². The van der Waals surface area contributed by atoms with E-state index in [0.717, 1.165) is 0 Å². The number of nitrogens with zero attached hydrogens (tertiary/aromatic N) is 1. The van der Waals surface area contributed by atoms with Crippen LogP contribution in [-0.4, -0.2) is 14.3 Å². The fraction of sp³-hybridized carbons (Fsp3) is 0. The van der Waals surface area contributed by atoms with E-state index in [1.807, 2.05) is 6.07 Å². The number of furan rings is 1. The molecule has 0 radical (unpaired) electrons. The van der Waals surface area contributed by atoms with E-state index >= 15 is 0 Å². The van der Waals surface area contributed by atoms with E-state index in [2.05, 4.69) is 5.32 Å². The second kappa shape index (κ2) is 8.32. The lowest BCUT2D eigenvalue weighted by molar-refractivity contribution is -0.112. The Morgan fingerprint density at radius 2 is 1.72 bits per heavy atom. The minimum absolute atomic E-state index is 0.0152. The highest BCUT2D eigenvalue weighted by Crippen LogP contribution is 2.25. The molecule has 0 saturated carbocycles. The zero-order valence-corrected chi connectivity index (χ0v) is 16.4. The summed E-state index contributed by atoms with van der Waals surface area (Å²) in [7, 11) is -3.78. The molecule has 29 heavy (non-hydrogen) atoms. The Hall–Kier alpha value is -3.38. The lowest BCUT2D eigenvalue weighted by Crippen LogP contribution is -2.13. The summed E-state index contributed by atoms with van der Waals surface area (Å²) in [5, 5.41) is 17.5. The topological polar surface area (TPSA) is 126 Å². The van der Waals surface area contributed by atoms with Gasteiger partial charge < -0.3 is 9.73 Å². The molecule has 0 bridgehead atoms. The number of primary sulfonamides is 1. The Bertz CT molecular complexity index is 1220. The summed E-state index contributed by atoms with van der Waals surface area (Å²) in [6.07, 6.45) is 1.31. The number of nitriles is 1. The van der Waals surface area contributed by atoms with Crippen molar-refractivity contribution < 1.29 is 17.6 Å². The quantitative estimate of drug-likeness (QED) is 0.473. The average molecular weight is 428 g/mol. The van der Waals surface area contributed by atoms with Gasteiger partial charge in [0.25, 0.3) is 5.91 Å². The molecule has 1 aromatic heterocycles. The number of anilines is 1. The number of amides is 1. The summed E-state index contributed by atoms with van der Waals surface area (Å²) >= 11 is 5.80. The highest BCUT2D eigenvalue weighted by molar-refractivity contribution is 7.89. The van der Waals surface area contributed by atoms with Crippen molar-refractivity contribution in [1.29, 1.82) is 5.26 Å². The van der Waals surface area contributed by atoms with E-state index in [1.54, 1.807) is 48.5 Å². The maximum absolute atomic E-state index is 12.3. The third kappa shape index (κ3) is 5.12. The van der Waals surface area contributed by atoms with Crippen LogP contribution < -0.4 is 10.5 Å². The summed E-state index contributed by atoms with van der Waals surface area (Å²) in [4.78, 5) is 12.3. The van der Waals surface area contributed by atoms with Crippen molar-refractivity contribution in [2.45, 2.75) is 4.90 Å². The normalized spacial score (nSPS) is 11.7. The minimum atomic E-state index is -3.78. The predicted octanol–water partition coefficient (Wildman–Crippen LogP) is 3.79. The third-order valence-corrected chi connectivity index (χ3v) is 5.03. The molecule has 146 valence electrons. The van der Waals surface area contributed by atoms with Crippen LogP contribution in [0.3, 0.4) is 0 Å². The van der Waals surface area contributed by atoms with Crippen LogP contribution in [0, 0.1) is 11.3 Å². The van der Waals surface area contributed by atoms with Gasteiger partial charge in [0.15, 0.2) is 0 Å². The summed E-state index contributed by atoms with van der Waals surface area (Å²) in [6, 6.07) is 17.4. The SMILES string of the molecule is N#CC(=Cc1ccc(-c2ccc(S(N)(=O)=O)cc2)o1)C(=O)Nc1ccc(Cl)cc1. The van der Waals surface area contributed by atoms with Crippen LogP contribution in [-0.2, 0) is 14.8 Å². The molecular formula is C20H14ClN3O4S. The van der Waals surface area contributed by atoms with Gasteiger partial charge in [-0.3, -0.25) is 4.79 Å². The highest BCUT2D eigenvalue weighted by Gasteiger charge is 2.12. The number of sulfonamides is 1. The molecule has 0 spiro atoms. The van der Waals surface area contributed by atoms with E-state index in [-0.39, 0.29) is 10.5 Å². The first kappa shape index (κ1) is 20.4. The van der Waals surface area contributed by atoms with Gasteiger partial charge in [-0.1, -0.05) is 11.6 Å². The number of carbonyl (C=O) groups is 1. The molecule has 0 aliphatic rings. The molecule has 0 saturated heterocycles. The Morgan fingerprint density at radius 3 is 2.31 bits per heavy atom. The molecule has 3 rings (SSSR count). The fourth-order valence-corrected chi connectivity index (χ4v) is 3.06. The zero-order valence-electron chi connectivity index (χ0n) is 14.8.